The van der Waals surface area contributed by atoms with E-state index in [0.29, 0.717) is 17.1 Å². The Bertz CT molecular complexity index is 810. The molecule has 136 valence electrons. The predicted octanol–water partition coefficient (Wildman–Crippen LogP) is 3.66. The molecule has 1 aromatic heterocycles. The highest BCUT2D eigenvalue weighted by molar-refractivity contribution is 6.30. The van der Waals surface area contributed by atoms with Crippen LogP contribution >= 0.6 is 11.6 Å². The van der Waals surface area contributed by atoms with Crippen molar-refractivity contribution in [2.24, 2.45) is 0 Å². The molecule has 1 amide bonds. The second-order valence-corrected chi connectivity index (χ2v) is 7.06. The summed E-state index contributed by atoms with van der Waals surface area (Å²) in [5.74, 6) is 1.51. The van der Waals surface area contributed by atoms with E-state index in [-0.39, 0.29) is 18.6 Å². The molecule has 1 atom stereocenters. The number of nitrogens with one attached hydrogen (secondary N) is 1. The number of halogens is 1. The number of ether oxygens (including phenoxy) is 1. The van der Waals surface area contributed by atoms with Crippen molar-refractivity contribution in [2.45, 2.75) is 18.9 Å². The van der Waals surface area contributed by atoms with Crippen molar-refractivity contribution in [2.75, 3.05) is 26.2 Å². The molecule has 0 radical (unpaired) electrons. The van der Waals surface area contributed by atoms with Gasteiger partial charge in [-0.15, -0.1) is 0 Å². The van der Waals surface area contributed by atoms with Crippen LogP contribution < -0.4 is 10.1 Å². The molecule has 1 N–H and O–H groups in total. The number of benzene rings is 1. The standard InChI is InChI=1S/C20H21ClN2O3/c21-16-5-6-18-14(11-16)10-15(13-26-18)20(24)22-12-17(19-4-3-9-25-19)23-7-1-2-8-23/h3-6,9-11,17H,1-2,7-8,12-13H2,(H,22,24)/t17-/m1/s1. The minimum absolute atomic E-state index is 0.0586. The summed E-state index contributed by atoms with van der Waals surface area (Å²) in [5.41, 5.74) is 1.43. The number of carbonyl (C=O) groups excluding carboxylic acids is 1. The minimum Gasteiger partial charge on any atom is -0.488 e. The molecule has 0 aliphatic carbocycles. The lowest BCUT2D eigenvalue weighted by atomic mass is 10.1. The van der Waals surface area contributed by atoms with E-state index >= 15 is 0 Å². The van der Waals surface area contributed by atoms with Crippen LogP contribution in [0.5, 0.6) is 5.75 Å². The first-order valence-corrected chi connectivity index (χ1v) is 9.27. The van der Waals surface area contributed by atoms with E-state index in [1.54, 1.807) is 18.4 Å². The Kier molecular flexibility index (Phi) is 5.00. The molecule has 1 fully saturated rings. The molecular formula is C20H21ClN2O3. The zero-order valence-electron chi connectivity index (χ0n) is 14.4. The lowest BCUT2D eigenvalue weighted by Crippen LogP contribution is -2.38. The van der Waals surface area contributed by atoms with Crippen molar-refractivity contribution >= 4 is 23.6 Å². The van der Waals surface area contributed by atoms with Crippen LogP contribution in [0.4, 0.5) is 0 Å². The summed E-state index contributed by atoms with van der Waals surface area (Å²) in [5, 5.41) is 3.66. The molecule has 0 bridgehead atoms. The van der Waals surface area contributed by atoms with E-state index in [2.05, 4.69) is 10.2 Å². The van der Waals surface area contributed by atoms with E-state index in [0.717, 1.165) is 30.2 Å². The van der Waals surface area contributed by atoms with Crippen LogP contribution in [-0.2, 0) is 4.79 Å². The van der Waals surface area contributed by atoms with Crippen molar-refractivity contribution < 1.29 is 13.9 Å². The summed E-state index contributed by atoms with van der Waals surface area (Å²) >= 11 is 6.04. The van der Waals surface area contributed by atoms with Gasteiger partial charge < -0.3 is 14.5 Å². The van der Waals surface area contributed by atoms with Gasteiger partial charge in [0.1, 0.15) is 18.1 Å². The molecule has 0 spiro atoms. The molecule has 3 heterocycles. The maximum Gasteiger partial charge on any atom is 0.250 e. The minimum atomic E-state index is -0.119. The Balaban J connectivity index is 1.45. The number of nitrogens with zero attached hydrogens (tertiary/aromatic N) is 1. The van der Waals surface area contributed by atoms with Crippen molar-refractivity contribution in [3.63, 3.8) is 0 Å². The van der Waals surface area contributed by atoms with E-state index in [1.165, 1.54) is 12.8 Å². The SMILES string of the molecule is O=C(NC[C@H](c1ccco1)N1CCCC1)C1=Cc2cc(Cl)ccc2OC1. The van der Waals surface area contributed by atoms with Crippen LogP contribution in [0.3, 0.4) is 0 Å². The number of amides is 1. The van der Waals surface area contributed by atoms with Crippen LogP contribution in [0, 0.1) is 0 Å². The summed E-state index contributed by atoms with van der Waals surface area (Å²) in [4.78, 5) is 15.0. The molecule has 2 aliphatic heterocycles. The van der Waals surface area contributed by atoms with Crippen LogP contribution in [0.2, 0.25) is 5.02 Å². The van der Waals surface area contributed by atoms with Gasteiger partial charge in [-0.25, -0.2) is 0 Å². The van der Waals surface area contributed by atoms with Crippen molar-refractivity contribution in [1.29, 1.82) is 0 Å². The molecule has 1 aromatic carbocycles. The Morgan fingerprint density at radius 3 is 2.88 bits per heavy atom. The largest absolute Gasteiger partial charge is 0.488 e. The van der Waals surface area contributed by atoms with Crippen LogP contribution in [0.15, 0.2) is 46.6 Å². The fourth-order valence-electron chi connectivity index (χ4n) is 3.53. The Morgan fingerprint density at radius 2 is 2.12 bits per heavy atom. The zero-order valence-corrected chi connectivity index (χ0v) is 15.2. The van der Waals surface area contributed by atoms with Gasteiger partial charge in [0.25, 0.3) is 5.91 Å². The summed E-state index contributed by atoms with van der Waals surface area (Å²) in [6, 6.07) is 9.32. The number of fused-ring (bicyclic) bond motifs is 1. The second-order valence-electron chi connectivity index (χ2n) is 6.62. The number of rotatable bonds is 5. The quantitative estimate of drug-likeness (QED) is 0.870. The summed E-state index contributed by atoms with van der Waals surface area (Å²) in [7, 11) is 0. The first kappa shape index (κ1) is 17.2. The molecule has 1 saturated heterocycles. The van der Waals surface area contributed by atoms with E-state index in [4.69, 9.17) is 20.8 Å². The van der Waals surface area contributed by atoms with Gasteiger partial charge in [0.2, 0.25) is 0 Å². The molecular weight excluding hydrogens is 352 g/mol. The highest BCUT2D eigenvalue weighted by Gasteiger charge is 2.27. The maximum atomic E-state index is 12.6. The predicted molar refractivity (Wildman–Crippen MR) is 100 cm³/mol. The molecule has 2 aromatic rings. The maximum absolute atomic E-state index is 12.6. The molecule has 6 heteroatoms. The zero-order chi connectivity index (χ0) is 17.9. The third kappa shape index (κ3) is 3.64. The molecule has 26 heavy (non-hydrogen) atoms. The van der Waals surface area contributed by atoms with Crippen molar-refractivity contribution in [3.05, 3.63) is 58.5 Å². The third-order valence-electron chi connectivity index (χ3n) is 4.89. The summed E-state index contributed by atoms with van der Waals surface area (Å²) in [6.07, 6.45) is 5.89. The number of furan rings is 1. The fraction of sp³-hybridized carbons (Fsp3) is 0.350. The molecule has 4 rings (SSSR count). The van der Waals surface area contributed by atoms with Gasteiger partial charge in [-0.3, -0.25) is 9.69 Å². The van der Waals surface area contributed by atoms with E-state index < -0.39 is 0 Å². The van der Waals surface area contributed by atoms with Crippen LogP contribution in [0.1, 0.15) is 30.2 Å². The molecule has 0 unspecified atom stereocenters. The smallest absolute Gasteiger partial charge is 0.250 e. The van der Waals surface area contributed by atoms with Gasteiger partial charge in [-0.1, -0.05) is 11.6 Å². The number of likely N-dealkylation sites (tertiary alicyclic amines) is 1. The second kappa shape index (κ2) is 7.56. The van der Waals surface area contributed by atoms with Gasteiger partial charge >= 0.3 is 0 Å². The van der Waals surface area contributed by atoms with E-state index in [9.17, 15) is 4.79 Å². The summed E-state index contributed by atoms with van der Waals surface area (Å²) < 4.78 is 11.3. The number of hydrogen-bond donors (Lipinski definition) is 1. The molecule has 5 nitrogen and oxygen atoms in total. The Hall–Kier alpha value is -2.24. The lowest BCUT2D eigenvalue weighted by Gasteiger charge is -2.26. The fourth-order valence-corrected chi connectivity index (χ4v) is 3.71. The van der Waals surface area contributed by atoms with Gasteiger partial charge in [-0.05, 0) is 62.3 Å². The molecule has 0 saturated carbocycles. The highest BCUT2D eigenvalue weighted by atomic mass is 35.5. The van der Waals surface area contributed by atoms with Crippen LogP contribution in [-0.4, -0.2) is 37.0 Å². The van der Waals surface area contributed by atoms with Crippen molar-refractivity contribution in [1.82, 2.24) is 10.2 Å². The molecule has 2 aliphatic rings. The average molecular weight is 373 g/mol. The average Bonchev–Trinajstić information content (AvgIpc) is 3.35. The van der Waals surface area contributed by atoms with E-state index in [1.807, 2.05) is 24.3 Å². The Morgan fingerprint density at radius 1 is 1.27 bits per heavy atom. The van der Waals surface area contributed by atoms with Crippen molar-refractivity contribution in [3.8, 4) is 5.75 Å². The summed E-state index contributed by atoms with van der Waals surface area (Å²) in [6.45, 7) is 2.82. The first-order chi connectivity index (χ1) is 12.7. The van der Waals surface area contributed by atoms with Gasteiger partial charge in [-0.2, -0.15) is 0 Å². The lowest BCUT2D eigenvalue weighted by molar-refractivity contribution is -0.118. The monoisotopic (exact) mass is 372 g/mol. The Labute approximate surface area is 157 Å². The highest BCUT2D eigenvalue weighted by Crippen LogP contribution is 2.29. The first-order valence-electron chi connectivity index (χ1n) is 8.89. The normalized spacial score (nSPS) is 18.0. The number of hydrogen-bond acceptors (Lipinski definition) is 4. The van der Waals surface area contributed by atoms with Crippen LogP contribution in [0.25, 0.3) is 6.08 Å². The third-order valence-corrected chi connectivity index (χ3v) is 5.12. The van der Waals surface area contributed by atoms with Gasteiger partial charge in [0.15, 0.2) is 0 Å². The van der Waals surface area contributed by atoms with Gasteiger partial charge in [0.05, 0.1) is 17.9 Å². The topological polar surface area (TPSA) is 54.7 Å². The number of carbonyl (C=O) groups is 1. The van der Waals surface area contributed by atoms with Gasteiger partial charge in [0, 0.05) is 17.1 Å².